The van der Waals surface area contributed by atoms with Crippen molar-refractivity contribution in [2.24, 2.45) is 23.7 Å². The SMILES string of the molecule is CCCC1CCC(C2(O)CCC(c3ccc(OCC)c([Si](C)(C)C)c3F)C(C(CCC)C(=O)O)C2)CC1. The largest absolute Gasteiger partial charge is 0.494 e. The number of hydrogen-bond donors (Lipinski definition) is 2. The van der Waals surface area contributed by atoms with Gasteiger partial charge in [-0.05, 0) is 80.8 Å². The average molecular weight is 535 g/mol. The topological polar surface area (TPSA) is 66.8 Å². The first-order chi connectivity index (χ1) is 17.5. The number of ether oxygens (including phenoxy) is 1. The molecule has 2 aliphatic carbocycles. The molecule has 2 N–H and O–H groups in total. The Labute approximate surface area is 225 Å². The van der Waals surface area contributed by atoms with E-state index < -0.39 is 25.6 Å². The highest BCUT2D eigenvalue weighted by atomic mass is 28.3. The minimum atomic E-state index is -2.08. The molecule has 2 saturated carbocycles. The number of rotatable bonds is 11. The van der Waals surface area contributed by atoms with Crippen molar-refractivity contribution in [1.82, 2.24) is 0 Å². The minimum absolute atomic E-state index is 0.203. The monoisotopic (exact) mass is 534 g/mol. The summed E-state index contributed by atoms with van der Waals surface area (Å²) in [5.74, 6) is -0.513. The van der Waals surface area contributed by atoms with Gasteiger partial charge < -0.3 is 14.9 Å². The normalized spacial score (nSPS) is 29.6. The smallest absolute Gasteiger partial charge is 0.306 e. The molecule has 2 aliphatic rings. The van der Waals surface area contributed by atoms with E-state index in [9.17, 15) is 15.0 Å². The second-order valence-corrected chi connectivity index (χ2v) is 17.9. The Hall–Kier alpha value is -1.40. The third kappa shape index (κ3) is 6.79. The summed E-state index contributed by atoms with van der Waals surface area (Å²) in [7, 11) is -2.08. The maximum Gasteiger partial charge on any atom is 0.306 e. The molecule has 0 aromatic heterocycles. The van der Waals surface area contributed by atoms with Gasteiger partial charge in [0.05, 0.1) is 26.2 Å². The van der Waals surface area contributed by atoms with E-state index in [1.54, 1.807) is 0 Å². The number of aliphatic hydroxyl groups is 1. The number of carboxylic acids is 1. The molecule has 0 radical (unpaired) electrons. The van der Waals surface area contributed by atoms with Crippen molar-refractivity contribution in [3.63, 3.8) is 0 Å². The lowest BCUT2D eigenvalue weighted by Crippen LogP contribution is -2.49. The van der Waals surface area contributed by atoms with Gasteiger partial charge in [-0.3, -0.25) is 4.79 Å². The summed E-state index contributed by atoms with van der Waals surface area (Å²) in [6.45, 7) is 13.0. The molecule has 0 aliphatic heterocycles. The van der Waals surface area contributed by atoms with Crippen molar-refractivity contribution in [1.29, 1.82) is 0 Å². The number of hydrogen-bond acceptors (Lipinski definition) is 3. The fraction of sp³-hybridized carbons (Fsp3) is 0.774. The van der Waals surface area contributed by atoms with Gasteiger partial charge in [-0.2, -0.15) is 0 Å². The van der Waals surface area contributed by atoms with E-state index in [-0.39, 0.29) is 23.6 Å². The highest BCUT2D eigenvalue weighted by Crippen LogP contribution is 2.52. The predicted molar refractivity (Wildman–Crippen MR) is 152 cm³/mol. The molecule has 0 amide bonds. The molecule has 210 valence electrons. The first-order valence-corrected chi connectivity index (χ1v) is 18.4. The van der Waals surface area contributed by atoms with Gasteiger partial charge in [0.2, 0.25) is 0 Å². The minimum Gasteiger partial charge on any atom is -0.494 e. The lowest BCUT2D eigenvalue weighted by atomic mass is 9.59. The van der Waals surface area contributed by atoms with Crippen molar-refractivity contribution in [2.75, 3.05) is 6.61 Å². The lowest BCUT2D eigenvalue weighted by Gasteiger charge is -2.49. The Morgan fingerprint density at radius 2 is 1.78 bits per heavy atom. The average Bonchev–Trinajstić information content (AvgIpc) is 2.83. The van der Waals surface area contributed by atoms with Gasteiger partial charge >= 0.3 is 5.97 Å². The molecular weight excluding hydrogens is 483 g/mol. The summed E-state index contributed by atoms with van der Waals surface area (Å²) in [4.78, 5) is 12.5. The molecule has 0 bridgehead atoms. The van der Waals surface area contributed by atoms with E-state index in [1.807, 2.05) is 26.0 Å². The molecule has 0 spiro atoms. The summed E-state index contributed by atoms with van der Waals surface area (Å²) in [5.41, 5.74) is -0.231. The Bertz CT molecular complexity index is 905. The van der Waals surface area contributed by atoms with Gasteiger partial charge in [-0.15, -0.1) is 0 Å². The van der Waals surface area contributed by atoms with Gasteiger partial charge in [0, 0.05) is 5.19 Å². The Balaban J connectivity index is 1.99. The molecule has 3 rings (SSSR count). The lowest BCUT2D eigenvalue weighted by molar-refractivity contribution is -0.148. The summed E-state index contributed by atoms with van der Waals surface area (Å²) in [5, 5.41) is 23.0. The van der Waals surface area contributed by atoms with Crippen molar-refractivity contribution in [3.05, 3.63) is 23.5 Å². The van der Waals surface area contributed by atoms with E-state index >= 15 is 4.39 Å². The van der Waals surface area contributed by atoms with Crippen LogP contribution in [0.1, 0.15) is 103 Å². The highest BCUT2D eigenvalue weighted by molar-refractivity contribution is 6.89. The molecule has 37 heavy (non-hydrogen) atoms. The molecule has 4 unspecified atom stereocenters. The number of carboxylic acid groups (broad SMARTS) is 1. The van der Waals surface area contributed by atoms with Crippen molar-refractivity contribution in [2.45, 2.75) is 123 Å². The van der Waals surface area contributed by atoms with E-state index in [2.05, 4.69) is 26.6 Å². The van der Waals surface area contributed by atoms with Gasteiger partial charge in [0.25, 0.3) is 0 Å². The fourth-order valence-electron chi connectivity index (χ4n) is 7.52. The number of carbonyl (C=O) groups is 1. The van der Waals surface area contributed by atoms with Gasteiger partial charge in [-0.1, -0.05) is 71.7 Å². The molecule has 4 nitrogen and oxygen atoms in total. The third-order valence-corrected chi connectivity index (χ3v) is 11.3. The van der Waals surface area contributed by atoms with Crippen LogP contribution < -0.4 is 9.92 Å². The molecule has 4 atom stereocenters. The second kappa shape index (κ2) is 12.6. The van der Waals surface area contributed by atoms with Crippen LogP contribution in [0.25, 0.3) is 0 Å². The number of benzene rings is 1. The molecule has 6 heteroatoms. The molecule has 2 fully saturated rings. The first-order valence-electron chi connectivity index (χ1n) is 14.9. The summed E-state index contributed by atoms with van der Waals surface area (Å²) in [6.07, 6.45) is 9.79. The van der Waals surface area contributed by atoms with Crippen LogP contribution in [0.3, 0.4) is 0 Å². The van der Waals surface area contributed by atoms with Crippen LogP contribution in [0.4, 0.5) is 4.39 Å². The van der Waals surface area contributed by atoms with Crippen LogP contribution in [0.5, 0.6) is 5.75 Å². The van der Waals surface area contributed by atoms with E-state index in [4.69, 9.17) is 4.74 Å². The molecular formula is C31H51FO4Si. The molecule has 0 heterocycles. The first kappa shape index (κ1) is 30.1. The zero-order valence-electron chi connectivity index (χ0n) is 24.1. The van der Waals surface area contributed by atoms with Gasteiger partial charge in [-0.25, -0.2) is 4.39 Å². The molecule has 1 aromatic carbocycles. The van der Waals surface area contributed by atoms with Crippen molar-refractivity contribution >= 4 is 19.2 Å². The zero-order chi connectivity index (χ0) is 27.4. The van der Waals surface area contributed by atoms with Crippen LogP contribution in [-0.2, 0) is 4.79 Å². The van der Waals surface area contributed by atoms with Crippen LogP contribution in [0.2, 0.25) is 19.6 Å². The van der Waals surface area contributed by atoms with Crippen LogP contribution in [0.15, 0.2) is 12.1 Å². The summed E-state index contributed by atoms with van der Waals surface area (Å²) >= 11 is 0. The quantitative estimate of drug-likeness (QED) is 0.289. The van der Waals surface area contributed by atoms with Crippen molar-refractivity contribution < 1.29 is 24.1 Å². The maximum absolute atomic E-state index is 16.4. The summed E-state index contributed by atoms with van der Waals surface area (Å²) in [6, 6.07) is 3.74. The second-order valence-electron chi connectivity index (χ2n) is 12.9. The molecule has 1 aromatic rings. The Morgan fingerprint density at radius 1 is 1.11 bits per heavy atom. The fourth-order valence-corrected chi connectivity index (χ4v) is 9.21. The standard InChI is InChI=1S/C31H51FO4Si/c1-7-10-21-12-14-22(15-13-21)31(35)19-18-23(26(20-31)25(11-8-2)30(33)34)24-16-17-27(36-9-3)29(28(24)32)37(4,5)6/h16-17,21-23,25-26,35H,7-15,18-20H2,1-6H3,(H,33,34). The number of halogens is 1. The predicted octanol–water partition coefficient (Wildman–Crippen LogP) is 7.49. The van der Waals surface area contributed by atoms with Gasteiger partial charge in [0.15, 0.2) is 0 Å². The van der Waals surface area contributed by atoms with E-state index in [0.29, 0.717) is 48.8 Å². The Kier molecular flexibility index (Phi) is 10.3. The number of aliphatic carboxylic acids is 1. The zero-order valence-corrected chi connectivity index (χ0v) is 25.1. The van der Waals surface area contributed by atoms with E-state index in [0.717, 1.165) is 38.0 Å². The van der Waals surface area contributed by atoms with E-state index in [1.165, 1.54) is 12.8 Å². The van der Waals surface area contributed by atoms with Gasteiger partial charge in [0.1, 0.15) is 11.6 Å². The van der Waals surface area contributed by atoms with Crippen molar-refractivity contribution in [3.8, 4) is 5.75 Å². The summed E-state index contributed by atoms with van der Waals surface area (Å²) < 4.78 is 22.2. The Morgan fingerprint density at radius 3 is 2.32 bits per heavy atom. The molecule has 0 saturated heterocycles. The maximum atomic E-state index is 16.4. The third-order valence-electron chi connectivity index (χ3n) is 9.31. The van der Waals surface area contributed by atoms with Crippen LogP contribution in [0, 0.1) is 29.5 Å². The van der Waals surface area contributed by atoms with Crippen LogP contribution in [-0.4, -0.2) is 36.5 Å². The van der Waals surface area contributed by atoms with Crippen LogP contribution >= 0.6 is 0 Å². The highest BCUT2D eigenvalue weighted by Gasteiger charge is 2.49.